The Balaban J connectivity index is 1.75. The Kier molecular flexibility index (Phi) is 10.0. The molecule has 0 unspecified atom stereocenters. The van der Waals surface area contributed by atoms with Crippen molar-refractivity contribution < 1.29 is 9.16 Å². The maximum Gasteiger partial charge on any atom is 0.161 e. The van der Waals surface area contributed by atoms with Crippen LogP contribution in [0.3, 0.4) is 0 Å². The van der Waals surface area contributed by atoms with E-state index in [4.69, 9.17) is 9.16 Å². The Bertz CT molecular complexity index is 158. The first-order chi connectivity index (χ1) is 8.43. The van der Waals surface area contributed by atoms with Crippen LogP contribution in [-0.2, 0) is 9.16 Å². The maximum atomic E-state index is 5.58. The van der Waals surface area contributed by atoms with E-state index in [9.17, 15) is 0 Å². The van der Waals surface area contributed by atoms with Gasteiger partial charge in [0.2, 0.25) is 0 Å². The van der Waals surface area contributed by atoms with Gasteiger partial charge in [-0.25, -0.2) is 0 Å². The molecular formula is C14H30O2Si. The quantitative estimate of drug-likeness (QED) is 0.442. The predicted molar refractivity (Wildman–Crippen MR) is 76.2 cm³/mol. The third kappa shape index (κ3) is 8.81. The second-order valence-corrected chi connectivity index (χ2v) is 6.84. The maximum absolute atomic E-state index is 5.58. The van der Waals surface area contributed by atoms with Crippen LogP contribution in [0.15, 0.2) is 0 Å². The summed E-state index contributed by atoms with van der Waals surface area (Å²) in [6.07, 6.45) is 13.3. The SMILES string of the molecule is COCCO[SiH2]CCCCCC1CCCCC1. The average Bonchev–Trinajstić information content (AvgIpc) is 2.38. The number of ether oxygens (including phenoxy) is 1. The molecule has 0 spiro atoms. The second kappa shape index (κ2) is 11.2. The van der Waals surface area contributed by atoms with Crippen molar-refractivity contribution >= 4 is 9.76 Å². The molecule has 1 aliphatic rings. The minimum Gasteiger partial charge on any atom is -0.422 e. The van der Waals surface area contributed by atoms with Gasteiger partial charge in [0.25, 0.3) is 0 Å². The second-order valence-electron chi connectivity index (χ2n) is 5.31. The molecule has 0 heterocycles. The monoisotopic (exact) mass is 258 g/mol. The molecule has 102 valence electrons. The molecule has 0 atom stereocenters. The summed E-state index contributed by atoms with van der Waals surface area (Å²) >= 11 is 0. The number of methoxy groups -OCH3 is 1. The van der Waals surface area contributed by atoms with E-state index in [1.807, 2.05) is 0 Å². The van der Waals surface area contributed by atoms with Crippen LogP contribution in [-0.4, -0.2) is 30.1 Å². The van der Waals surface area contributed by atoms with Crippen molar-refractivity contribution in [2.75, 3.05) is 20.3 Å². The molecule has 1 saturated carbocycles. The van der Waals surface area contributed by atoms with Crippen molar-refractivity contribution in [1.82, 2.24) is 0 Å². The van der Waals surface area contributed by atoms with Crippen LogP contribution in [0, 0.1) is 5.92 Å². The molecule has 0 amide bonds. The van der Waals surface area contributed by atoms with Crippen LogP contribution in [0.5, 0.6) is 0 Å². The number of rotatable bonds is 10. The van der Waals surface area contributed by atoms with Gasteiger partial charge in [-0.05, 0) is 12.0 Å². The Hall–Kier alpha value is 0.137. The van der Waals surface area contributed by atoms with E-state index in [2.05, 4.69) is 0 Å². The van der Waals surface area contributed by atoms with Gasteiger partial charge in [0.15, 0.2) is 9.76 Å². The van der Waals surface area contributed by atoms with Crippen LogP contribution in [0.4, 0.5) is 0 Å². The zero-order chi connectivity index (χ0) is 12.2. The van der Waals surface area contributed by atoms with E-state index in [-0.39, 0.29) is 9.76 Å². The molecule has 0 bridgehead atoms. The van der Waals surface area contributed by atoms with Gasteiger partial charge in [0.05, 0.1) is 13.2 Å². The highest BCUT2D eigenvalue weighted by molar-refractivity contribution is 6.26. The van der Waals surface area contributed by atoms with Gasteiger partial charge < -0.3 is 9.16 Å². The number of unbranched alkanes of at least 4 members (excludes halogenated alkanes) is 2. The zero-order valence-electron chi connectivity index (χ0n) is 11.6. The van der Waals surface area contributed by atoms with Crippen molar-refractivity contribution in [3.63, 3.8) is 0 Å². The summed E-state index contributed by atoms with van der Waals surface area (Å²) < 4.78 is 10.5. The fraction of sp³-hybridized carbons (Fsp3) is 1.00. The molecule has 2 nitrogen and oxygen atoms in total. The van der Waals surface area contributed by atoms with E-state index >= 15 is 0 Å². The lowest BCUT2D eigenvalue weighted by Crippen LogP contribution is -2.06. The van der Waals surface area contributed by atoms with Crippen LogP contribution < -0.4 is 0 Å². The van der Waals surface area contributed by atoms with Gasteiger partial charge in [0.1, 0.15) is 0 Å². The highest BCUT2D eigenvalue weighted by Crippen LogP contribution is 2.27. The molecule has 3 heteroatoms. The molecule has 0 aromatic heterocycles. The molecule has 17 heavy (non-hydrogen) atoms. The first-order valence-electron chi connectivity index (χ1n) is 7.50. The fourth-order valence-electron chi connectivity index (χ4n) is 2.71. The molecule has 0 radical (unpaired) electrons. The molecule has 0 N–H and O–H groups in total. The Morgan fingerprint density at radius 3 is 2.59 bits per heavy atom. The fourth-order valence-corrected chi connectivity index (χ4v) is 3.79. The zero-order valence-corrected chi connectivity index (χ0v) is 13.0. The van der Waals surface area contributed by atoms with Gasteiger partial charge in [-0.15, -0.1) is 0 Å². The predicted octanol–water partition coefficient (Wildman–Crippen LogP) is 3.29. The summed E-state index contributed by atoms with van der Waals surface area (Å²) in [6.45, 7) is 1.57. The topological polar surface area (TPSA) is 18.5 Å². The molecule has 1 rings (SSSR count). The van der Waals surface area contributed by atoms with Crippen LogP contribution in [0.25, 0.3) is 0 Å². The van der Waals surface area contributed by atoms with Gasteiger partial charge in [-0.3, -0.25) is 0 Å². The van der Waals surface area contributed by atoms with E-state index in [0.29, 0.717) is 0 Å². The van der Waals surface area contributed by atoms with E-state index < -0.39 is 0 Å². The molecule has 1 fully saturated rings. The van der Waals surface area contributed by atoms with E-state index in [1.54, 1.807) is 7.11 Å². The summed E-state index contributed by atoms with van der Waals surface area (Å²) in [5.74, 6) is 1.07. The summed E-state index contributed by atoms with van der Waals surface area (Å²) in [5.41, 5.74) is 0. The minimum atomic E-state index is -0.240. The molecule has 0 saturated heterocycles. The molecular weight excluding hydrogens is 228 g/mol. The standard InChI is InChI=1S/C14H30O2Si/c1-15-11-12-16-17-13-7-3-6-10-14-8-4-2-5-9-14/h14H,2-13,17H2,1H3. The van der Waals surface area contributed by atoms with Crippen molar-refractivity contribution in [1.29, 1.82) is 0 Å². The summed E-state index contributed by atoms with van der Waals surface area (Å²) in [5, 5.41) is 0. The Morgan fingerprint density at radius 1 is 1.00 bits per heavy atom. The highest BCUT2D eigenvalue weighted by atomic mass is 28.2. The highest BCUT2D eigenvalue weighted by Gasteiger charge is 2.12. The molecule has 0 aliphatic heterocycles. The largest absolute Gasteiger partial charge is 0.422 e. The summed E-state index contributed by atoms with van der Waals surface area (Å²) in [6, 6.07) is 1.36. The Labute approximate surface area is 109 Å². The van der Waals surface area contributed by atoms with Crippen LogP contribution in [0.2, 0.25) is 6.04 Å². The molecule has 1 aliphatic carbocycles. The Morgan fingerprint density at radius 2 is 1.82 bits per heavy atom. The normalized spacial score (nSPS) is 18.2. The van der Waals surface area contributed by atoms with Gasteiger partial charge in [-0.2, -0.15) is 0 Å². The first-order valence-corrected chi connectivity index (χ1v) is 9.08. The minimum absolute atomic E-state index is 0.240. The summed E-state index contributed by atoms with van der Waals surface area (Å²) in [7, 11) is 1.49. The lowest BCUT2D eigenvalue weighted by atomic mass is 9.86. The lowest BCUT2D eigenvalue weighted by molar-refractivity contribution is 0.149. The number of hydrogen-bond donors (Lipinski definition) is 0. The lowest BCUT2D eigenvalue weighted by Gasteiger charge is -2.21. The third-order valence-corrected chi connectivity index (χ3v) is 5.17. The van der Waals surface area contributed by atoms with Crippen molar-refractivity contribution in [2.24, 2.45) is 5.92 Å². The number of hydrogen-bond acceptors (Lipinski definition) is 2. The van der Waals surface area contributed by atoms with Crippen LogP contribution in [0.1, 0.15) is 57.8 Å². The van der Waals surface area contributed by atoms with Crippen molar-refractivity contribution in [2.45, 2.75) is 63.8 Å². The van der Waals surface area contributed by atoms with Crippen molar-refractivity contribution in [3.8, 4) is 0 Å². The first kappa shape index (κ1) is 15.2. The molecule has 0 aromatic carbocycles. The summed E-state index contributed by atoms with van der Waals surface area (Å²) in [4.78, 5) is 0. The van der Waals surface area contributed by atoms with Gasteiger partial charge in [-0.1, -0.05) is 57.8 Å². The van der Waals surface area contributed by atoms with Crippen molar-refractivity contribution in [3.05, 3.63) is 0 Å². The van der Waals surface area contributed by atoms with Gasteiger partial charge in [0, 0.05) is 7.11 Å². The smallest absolute Gasteiger partial charge is 0.161 e. The molecule has 0 aromatic rings. The third-order valence-electron chi connectivity index (χ3n) is 3.81. The van der Waals surface area contributed by atoms with Gasteiger partial charge >= 0.3 is 0 Å². The average molecular weight is 258 g/mol. The van der Waals surface area contributed by atoms with Crippen LogP contribution >= 0.6 is 0 Å². The van der Waals surface area contributed by atoms with E-state index in [1.165, 1.54) is 63.8 Å². The van der Waals surface area contributed by atoms with E-state index in [0.717, 1.165) is 19.1 Å².